The molecule has 4 heteroatoms. The van der Waals surface area contributed by atoms with E-state index in [1.165, 1.54) is 84.7 Å². The van der Waals surface area contributed by atoms with Crippen LogP contribution in [0, 0.1) is 53.7 Å². The molecule has 0 N–H and O–H groups in total. The third kappa shape index (κ3) is 13.1. The van der Waals surface area contributed by atoms with Gasteiger partial charge in [0.1, 0.15) is 0 Å². The molecule has 6 aliphatic carbocycles. The van der Waals surface area contributed by atoms with Crippen LogP contribution in [0.5, 0.6) is 0 Å². The Hall–Kier alpha value is -10.5. The molecule has 0 radical (unpaired) electrons. The van der Waals surface area contributed by atoms with E-state index in [2.05, 4.69) is 292 Å². The smallest absolute Gasteiger partial charge is 0.305 e. The van der Waals surface area contributed by atoms with Crippen molar-refractivity contribution in [3.63, 3.8) is 0 Å². The molecule has 0 aliphatic heterocycles. The van der Waals surface area contributed by atoms with Crippen LogP contribution in [-0.2, 0) is 20.1 Å². The van der Waals surface area contributed by atoms with Gasteiger partial charge in [-0.2, -0.15) is 0 Å². The molecule has 0 saturated heterocycles. The SMILES string of the molecule is CC1CC2CCC1CC2c1ccc(-c2ccc(-c3cc(-c4ccccn4)[c-]cc3-c3ccccc3-c3cc(-c4ccccc4-c4c[c-]c(-c5ccccn5)cc4)cc(-c4ccccc4-c4c[c-]c(-c5ccccn5)cc4-c4ccc(-c5ccc(C6CC7CCC6CC7C)cc5)cc4)c3)cc2)cc1.[Ir+3]. The molecule has 3 nitrogen and oxygen atoms in total. The minimum Gasteiger partial charge on any atom is -0.305 e. The molecule has 4 bridgehead atoms. The summed E-state index contributed by atoms with van der Waals surface area (Å²) in [4.78, 5) is 14.4. The van der Waals surface area contributed by atoms with Crippen LogP contribution >= 0.6 is 0 Å². The number of pyridine rings is 3. The molecule has 3 heterocycles. The number of rotatable bonds is 15. The van der Waals surface area contributed by atoms with Gasteiger partial charge >= 0.3 is 20.1 Å². The van der Waals surface area contributed by atoms with Crippen molar-refractivity contribution >= 4 is 0 Å². The molecule has 6 aliphatic rings. The maximum Gasteiger partial charge on any atom is 3.00 e. The van der Waals surface area contributed by atoms with Crippen LogP contribution in [0.2, 0.25) is 0 Å². The zero-order valence-corrected chi connectivity index (χ0v) is 60.7. The standard InChI is InChI=1S/C99H80N3.Ir/c1-64-55-78-46-44-76(64)60-93(78)71-32-24-66(25-33-71)68-28-36-73(37-29-68)95-62-80(98-22-10-13-53-101-98)48-50-91(95)89-19-7-5-17-87(89)83-57-82(86-16-4-3-15-85(86)70-40-42-75(43-41-70)97-21-9-12-52-100-97)58-84(59-83)88-18-6-8-20-90(88)92-51-49-81(99-23-11-14-54-102-99)63-96(92)74-38-30-69(31-39-74)67-26-34-72(35-27-67)94-61-77-45-47-79(94)56-65(77)2;/h3-42,50-54,57-59,62-65,76-79,93-94H,44-47,55-56,60-61H2,1-2H3;/q-3;+3. The summed E-state index contributed by atoms with van der Waals surface area (Å²) in [6.07, 6.45) is 16.6. The largest absolute Gasteiger partial charge is 3.00 e. The molecule has 14 aromatic rings. The Balaban J connectivity index is 0.00000787. The molecule has 6 fully saturated rings. The molecule has 11 aromatic carbocycles. The minimum absolute atomic E-state index is 0. The summed E-state index contributed by atoms with van der Waals surface area (Å²) in [5, 5.41) is 0. The third-order valence-electron chi connectivity index (χ3n) is 23.8. The van der Waals surface area contributed by atoms with Gasteiger partial charge in [-0.3, -0.25) is 0 Å². The number of hydrogen-bond acceptors (Lipinski definition) is 3. The van der Waals surface area contributed by atoms with E-state index < -0.39 is 0 Å². The van der Waals surface area contributed by atoms with Gasteiger partial charge in [0, 0.05) is 18.6 Å². The summed E-state index contributed by atoms with van der Waals surface area (Å²) >= 11 is 0. The molecule has 3 aromatic heterocycles. The first-order chi connectivity index (χ1) is 50.3. The summed E-state index contributed by atoms with van der Waals surface area (Å²) in [6, 6.07) is 116. The zero-order chi connectivity index (χ0) is 68.0. The Kier molecular flexibility index (Phi) is 18.4. The van der Waals surface area contributed by atoms with Gasteiger partial charge in [-0.1, -0.05) is 265 Å². The van der Waals surface area contributed by atoms with Crippen molar-refractivity contribution in [2.75, 3.05) is 0 Å². The number of hydrogen-bond donors (Lipinski definition) is 0. The van der Waals surface area contributed by atoms with Crippen LogP contribution in [0.25, 0.3) is 145 Å². The average Bonchev–Trinajstić information content (AvgIpc) is 0.780. The predicted molar refractivity (Wildman–Crippen MR) is 422 cm³/mol. The number of benzene rings is 11. The van der Waals surface area contributed by atoms with Crippen LogP contribution in [0.4, 0.5) is 0 Å². The Morgan fingerprint density at radius 2 is 0.573 bits per heavy atom. The van der Waals surface area contributed by atoms with Crippen molar-refractivity contribution in [2.45, 2.75) is 77.0 Å². The first kappa shape index (κ1) is 65.8. The fourth-order valence-electron chi connectivity index (χ4n) is 18.4. The van der Waals surface area contributed by atoms with Crippen LogP contribution in [0.15, 0.2) is 304 Å². The second kappa shape index (κ2) is 28.7. The van der Waals surface area contributed by atoms with E-state index in [0.29, 0.717) is 11.8 Å². The number of aromatic nitrogens is 3. The van der Waals surface area contributed by atoms with Crippen molar-refractivity contribution in [3.05, 3.63) is 333 Å². The Bertz CT molecular complexity index is 5050. The Morgan fingerprint density at radius 3 is 0.922 bits per heavy atom. The van der Waals surface area contributed by atoms with Crippen molar-refractivity contribution in [1.82, 2.24) is 15.0 Å². The summed E-state index contributed by atoms with van der Waals surface area (Å²) in [6.45, 7) is 4.96. The van der Waals surface area contributed by atoms with Crippen LogP contribution < -0.4 is 0 Å². The summed E-state index contributed by atoms with van der Waals surface area (Å²) in [7, 11) is 0. The topological polar surface area (TPSA) is 38.7 Å². The molecular weight excluding hydrogens is 1420 g/mol. The summed E-state index contributed by atoms with van der Waals surface area (Å²) < 4.78 is 0. The molecule has 6 saturated carbocycles. The van der Waals surface area contributed by atoms with Gasteiger partial charge in [0.25, 0.3) is 0 Å². The summed E-state index contributed by atoms with van der Waals surface area (Å²) in [5.74, 6) is 6.46. The second-order valence-electron chi connectivity index (χ2n) is 29.6. The first-order valence-electron chi connectivity index (χ1n) is 37.1. The maximum absolute atomic E-state index is 4.85. The minimum atomic E-state index is 0. The van der Waals surface area contributed by atoms with Gasteiger partial charge in [0.05, 0.1) is 0 Å². The van der Waals surface area contributed by atoms with Crippen molar-refractivity contribution in [2.24, 2.45) is 35.5 Å². The van der Waals surface area contributed by atoms with E-state index in [0.717, 1.165) is 158 Å². The van der Waals surface area contributed by atoms with Gasteiger partial charge in [0.15, 0.2) is 0 Å². The normalized spacial score (nSPS) is 19.6. The van der Waals surface area contributed by atoms with Crippen molar-refractivity contribution in [3.8, 4) is 145 Å². The van der Waals surface area contributed by atoms with Crippen LogP contribution in [-0.4, -0.2) is 15.0 Å². The van der Waals surface area contributed by atoms with Gasteiger partial charge < -0.3 is 15.0 Å². The Morgan fingerprint density at radius 1 is 0.252 bits per heavy atom. The third-order valence-corrected chi connectivity index (χ3v) is 23.8. The molecular formula is C99H80IrN3. The van der Waals surface area contributed by atoms with Crippen molar-refractivity contribution < 1.29 is 20.1 Å². The van der Waals surface area contributed by atoms with Crippen LogP contribution in [0.1, 0.15) is 88.2 Å². The predicted octanol–water partition coefficient (Wildman–Crippen LogP) is 26.0. The van der Waals surface area contributed by atoms with E-state index in [4.69, 9.17) is 9.97 Å². The fourth-order valence-corrected chi connectivity index (χ4v) is 18.4. The zero-order valence-electron chi connectivity index (χ0n) is 58.3. The van der Waals surface area contributed by atoms with Gasteiger partial charge in [0.2, 0.25) is 0 Å². The van der Waals surface area contributed by atoms with Crippen molar-refractivity contribution in [1.29, 1.82) is 0 Å². The van der Waals surface area contributed by atoms with E-state index in [1.807, 2.05) is 48.9 Å². The average molecular weight is 1500 g/mol. The molecule has 20 rings (SSSR count). The molecule has 8 atom stereocenters. The molecule has 0 spiro atoms. The second-order valence-corrected chi connectivity index (χ2v) is 29.6. The summed E-state index contributed by atoms with van der Waals surface area (Å²) in [5.41, 5.74) is 31.2. The van der Waals surface area contributed by atoms with E-state index in [9.17, 15) is 0 Å². The van der Waals surface area contributed by atoms with Gasteiger partial charge in [-0.25, -0.2) is 0 Å². The maximum atomic E-state index is 4.85. The fraction of sp³-hybridized carbons (Fsp3) is 0.182. The van der Waals surface area contributed by atoms with E-state index in [1.54, 1.807) is 0 Å². The molecule has 0 amide bonds. The molecule has 500 valence electrons. The van der Waals surface area contributed by atoms with Gasteiger partial charge in [-0.15, -0.1) is 77.4 Å². The van der Waals surface area contributed by atoms with Crippen LogP contribution in [0.3, 0.4) is 0 Å². The first-order valence-corrected chi connectivity index (χ1v) is 37.1. The Labute approximate surface area is 621 Å². The molecule has 8 unspecified atom stereocenters. The van der Waals surface area contributed by atoms with E-state index in [-0.39, 0.29) is 20.1 Å². The quantitative estimate of drug-likeness (QED) is 0.0960. The monoisotopic (exact) mass is 1500 g/mol. The number of fused-ring (bicyclic) bond motifs is 6. The number of nitrogens with zero attached hydrogens (tertiary/aromatic N) is 3. The van der Waals surface area contributed by atoms with E-state index >= 15 is 0 Å². The molecule has 103 heavy (non-hydrogen) atoms. The van der Waals surface area contributed by atoms with Gasteiger partial charge in [-0.05, 0) is 230 Å².